The van der Waals surface area contributed by atoms with Crippen LogP contribution >= 0.6 is 15.9 Å². The molecule has 4 rings (SSSR count). The van der Waals surface area contributed by atoms with E-state index in [0.717, 1.165) is 54.9 Å². The molecule has 0 spiro atoms. The van der Waals surface area contributed by atoms with E-state index < -0.39 is 17.7 Å². The third-order valence-electron chi connectivity index (χ3n) is 6.03. The standard InChI is InChI=1S/C25H27BrN2O4/c1-17-3-5-18(6-4-17)22-21(23(29)19-7-9-20(26)10-8-19)24(30)25(31)28(22)12-2-11-27-13-15-32-16-14-27/h3-10,22,29H,2,11-16H2,1H3/t22-/m0/s1. The summed E-state index contributed by atoms with van der Waals surface area (Å²) < 4.78 is 6.27. The average Bonchev–Trinajstić information content (AvgIpc) is 3.05. The Morgan fingerprint density at radius 3 is 2.34 bits per heavy atom. The summed E-state index contributed by atoms with van der Waals surface area (Å²) >= 11 is 3.39. The number of aliphatic hydroxyl groups is 1. The molecule has 1 amide bonds. The normalized spacial score (nSPS) is 21.3. The van der Waals surface area contributed by atoms with E-state index in [1.807, 2.05) is 31.2 Å². The molecule has 2 aliphatic rings. The molecule has 2 aromatic carbocycles. The van der Waals surface area contributed by atoms with Crippen LogP contribution in [0.2, 0.25) is 0 Å². The van der Waals surface area contributed by atoms with Crippen molar-refractivity contribution in [1.82, 2.24) is 9.80 Å². The molecular weight excluding hydrogens is 472 g/mol. The second kappa shape index (κ2) is 9.98. The lowest BCUT2D eigenvalue weighted by Crippen LogP contribution is -2.38. The first-order valence-corrected chi connectivity index (χ1v) is 11.7. The average molecular weight is 499 g/mol. The molecule has 2 aliphatic heterocycles. The molecule has 0 aliphatic carbocycles. The number of aryl methyl sites for hydroxylation is 1. The Bertz CT molecular complexity index is 1010. The fourth-order valence-corrected chi connectivity index (χ4v) is 4.52. The number of ether oxygens (including phenoxy) is 1. The number of halogens is 1. The van der Waals surface area contributed by atoms with Crippen LogP contribution in [0.5, 0.6) is 0 Å². The number of carbonyl (C=O) groups is 2. The Kier molecular flexibility index (Phi) is 7.08. The molecule has 0 unspecified atom stereocenters. The first kappa shape index (κ1) is 22.7. The second-order valence-corrected chi connectivity index (χ2v) is 9.13. The third-order valence-corrected chi connectivity index (χ3v) is 6.56. The fourth-order valence-electron chi connectivity index (χ4n) is 4.26. The van der Waals surface area contributed by atoms with Crippen molar-refractivity contribution in [3.8, 4) is 0 Å². The molecule has 1 atom stereocenters. The summed E-state index contributed by atoms with van der Waals surface area (Å²) in [4.78, 5) is 30.0. The number of rotatable bonds is 6. The lowest BCUT2D eigenvalue weighted by atomic mass is 9.94. The summed E-state index contributed by atoms with van der Waals surface area (Å²) in [6.07, 6.45) is 0.744. The van der Waals surface area contributed by atoms with E-state index in [1.54, 1.807) is 29.2 Å². The fraction of sp³-hybridized carbons (Fsp3) is 0.360. The van der Waals surface area contributed by atoms with Gasteiger partial charge in [0, 0.05) is 36.2 Å². The maximum Gasteiger partial charge on any atom is 0.295 e. The molecule has 0 saturated carbocycles. The molecule has 2 aromatic rings. The van der Waals surface area contributed by atoms with E-state index >= 15 is 0 Å². The number of carbonyl (C=O) groups excluding carboxylic acids is 2. The summed E-state index contributed by atoms with van der Waals surface area (Å²) in [5.41, 5.74) is 2.56. The molecule has 0 bridgehead atoms. The zero-order valence-corrected chi connectivity index (χ0v) is 19.7. The van der Waals surface area contributed by atoms with Gasteiger partial charge in [-0.05, 0) is 31.0 Å². The first-order valence-electron chi connectivity index (χ1n) is 10.9. The van der Waals surface area contributed by atoms with Crippen molar-refractivity contribution < 1.29 is 19.4 Å². The second-order valence-electron chi connectivity index (χ2n) is 8.22. The Balaban J connectivity index is 1.66. The SMILES string of the molecule is Cc1ccc([C@H]2C(=C(O)c3ccc(Br)cc3)C(=O)C(=O)N2CCCN2CCOCC2)cc1. The lowest BCUT2D eigenvalue weighted by Gasteiger charge is -2.29. The molecule has 2 fully saturated rings. The van der Waals surface area contributed by atoms with Crippen LogP contribution in [0.15, 0.2) is 58.6 Å². The van der Waals surface area contributed by atoms with Gasteiger partial charge in [0.15, 0.2) is 0 Å². The highest BCUT2D eigenvalue weighted by Crippen LogP contribution is 2.39. The summed E-state index contributed by atoms with van der Waals surface area (Å²) in [6, 6.07) is 14.2. The van der Waals surface area contributed by atoms with E-state index in [1.165, 1.54) is 0 Å². The minimum absolute atomic E-state index is 0.142. The van der Waals surface area contributed by atoms with Gasteiger partial charge >= 0.3 is 0 Å². The molecule has 168 valence electrons. The highest BCUT2D eigenvalue weighted by atomic mass is 79.9. The smallest absolute Gasteiger partial charge is 0.295 e. The summed E-state index contributed by atoms with van der Waals surface area (Å²) in [5, 5.41) is 11.1. The van der Waals surface area contributed by atoms with Crippen molar-refractivity contribution in [1.29, 1.82) is 0 Å². The summed E-state index contributed by atoms with van der Waals surface area (Å²) in [5.74, 6) is -1.34. The van der Waals surface area contributed by atoms with Crippen LogP contribution in [0.3, 0.4) is 0 Å². The largest absolute Gasteiger partial charge is 0.507 e. The zero-order valence-electron chi connectivity index (χ0n) is 18.1. The van der Waals surface area contributed by atoms with Crippen LogP contribution in [0.4, 0.5) is 0 Å². The Labute approximate surface area is 196 Å². The number of hydrogen-bond acceptors (Lipinski definition) is 5. The quantitative estimate of drug-likeness (QED) is 0.371. The minimum atomic E-state index is -0.637. The molecule has 0 radical (unpaired) electrons. The van der Waals surface area contributed by atoms with E-state index in [4.69, 9.17) is 4.74 Å². The number of aliphatic hydroxyl groups excluding tert-OH is 1. The molecule has 7 heteroatoms. The number of morpholine rings is 1. The van der Waals surface area contributed by atoms with Crippen molar-refractivity contribution in [2.75, 3.05) is 39.4 Å². The van der Waals surface area contributed by atoms with E-state index in [0.29, 0.717) is 12.1 Å². The first-order chi connectivity index (χ1) is 15.5. The number of likely N-dealkylation sites (tertiary alicyclic amines) is 1. The van der Waals surface area contributed by atoms with Gasteiger partial charge in [-0.1, -0.05) is 57.9 Å². The Morgan fingerprint density at radius 1 is 1.03 bits per heavy atom. The number of hydrogen-bond donors (Lipinski definition) is 1. The monoisotopic (exact) mass is 498 g/mol. The van der Waals surface area contributed by atoms with Crippen molar-refractivity contribution in [3.05, 3.63) is 75.3 Å². The van der Waals surface area contributed by atoms with Gasteiger partial charge in [0.1, 0.15) is 5.76 Å². The van der Waals surface area contributed by atoms with E-state index in [-0.39, 0.29) is 11.3 Å². The minimum Gasteiger partial charge on any atom is -0.507 e. The van der Waals surface area contributed by atoms with Crippen LogP contribution in [0.1, 0.15) is 29.2 Å². The predicted octanol–water partition coefficient (Wildman–Crippen LogP) is 3.90. The number of ketones is 1. The highest BCUT2D eigenvalue weighted by molar-refractivity contribution is 9.10. The van der Waals surface area contributed by atoms with Gasteiger partial charge < -0.3 is 14.7 Å². The van der Waals surface area contributed by atoms with Crippen LogP contribution in [0, 0.1) is 6.92 Å². The van der Waals surface area contributed by atoms with Crippen molar-refractivity contribution in [2.45, 2.75) is 19.4 Å². The van der Waals surface area contributed by atoms with Gasteiger partial charge in [0.2, 0.25) is 0 Å². The highest BCUT2D eigenvalue weighted by Gasteiger charge is 2.45. The van der Waals surface area contributed by atoms with Gasteiger partial charge in [0.25, 0.3) is 11.7 Å². The molecular formula is C25H27BrN2O4. The molecule has 6 nitrogen and oxygen atoms in total. The zero-order chi connectivity index (χ0) is 22.7. The molecule has 2 saturated heterocycles. The maximum absolute atomic E-state index is 13.1. The molecule has 2 heterocycles. The summed E-state index contributed by atoms with van der Waals surface area (Å²) in [7, 11) is 0. The van der Waals surface area contributed by atoms with Crippen LogP contribution in [-0.4, -0.2) is 66.0 Å². The topological polar surface area (TPSA) is 70.1 Å². The Morgan fingerprint density at radius 2 is 1.69 bits per heavy atom. The number of amides is 1. The Hall–Kier alpha value is -2.48. The van der Waals surface area contributed by atoms with Gasteiger partial charge in [0.05, 0.1) is 24.8 Å². The van der Waals surface area contributed by atoms with Crippen molar-refractivity contribution >= 4 is 33.4 Å². The predicted molar refractivity (Wildman–Crippen MR) is 126 cm³/mol. The molecule has 1 N–H and O–H groups in total. The van der Waals surface area contributed by atoms with Crippen LogP contribution in [0.25, 0.3) is 5.76 Å². The van der Waals surface area contributed by atoms with Crippen molar-refractivity contribution in [2.24, 2.45) is 0 Å². The third kappa shape index (κ3) is 4.80. The molecule has 32 heavy (non-hydrogen) atoms. The van der Waals surface area contributed by atoms with Crippen molar-refractivity contribution in [3.63, 3.8) is 0 Å². The number of nitrogens with zero attached hydrogens (tertiary/aromatic N) is 2. The number of benzene rings is 2. The van der Waals surface area contributed by atoms with E-state index in [9.17, 15) is 14.7 Å². The summed E-state index contributed by atoms with van der Waals surface area (Å²) in [6.45, 7) is 6.47. The van der Waals surface area contributed by atoms with Gasteiger partial charge in [-0.25, -0.2) is 0 Å². The van der Waals surface area contributed by atoms with Crippen LogP contribution < -0.4 is 0 Å². The molecule has 0 aromatic heterocycles. The van der Waals surface area contributed by atoms with E-state index in [2.05, 4.69) is 20.8 Å². The number of Topliss-reactive ketones (excluding diaryl/α,β-unsaturated/α-hetero) is 1. The van der Waals surface area contributed by atoms with Gasteiger partial charge in [-0.15, -0.1) is 0 Å². The maximum atomic E-state index is 13.1. The van der Waals surface area contributed by atoms with Gasteiger partial charge in [-0.3, -0.25) is 14.5 Å². The van der Waals surface area contributed by atoms with Gasteiger partial charge in [-0.2, -0.15) is 0 Å². The lowest BCUT2D eigenvalue weighted by molar-refractivity contribution is -0.140. The van der Waals surface area contributed by atoms with Crippen LogP contribution in [-0.2, 0) is 14.3 Å².